The van der Waals surface area contributed by atoms with Gasteiger partial charge >= 0.3 is 5.63 Å². The highest BCUT2D eigenvalue weighted by Gasteiger charge is 2.22. The minimum Gasteiger partial charge on any atom is -0.508 e. The summed E-state index contributed by atoms with van der Waals surface area (Å²) < 4.78 is 11.6. The zero-order valence-electron chi connectivity index (χ0n) is 17.9. The normalized spacial score (nSPS) is 11.4. The third kappa shape index (κ3) is 3.54. The van der Waals surface area contributed by atoms with Crippen LogP contribution in [0.3, 0.4) is 0 Å². The van der Waals surface area contributed by atoms with Gasteiger partial charge in [0.1, 0.15) is 22.3 Å². The molecule has 0 amide bonds. The third-order valence-electron chi connectivity index (χ3n) is 5.31. The van der Waals surface area contributed by atoms with E-state index in [1.54, 1.807) is 6.07 Å². The van der Waals surface area contributed by atoms with Gasteiger partial charge in [0, 0.05) is 17.0 Å². The van der Waals surface area contributed by atoms with Crippen molar-refractivity contribution in [2.75, 3.05) is 0 Å². The second-order valence-electron chi connectivity index (χ2n) is 8.24. The minimum atomic E-state index is -0.643. The van der Waals surface area contributed by atoms with E-state index in [0.717, 1.165) is 11.1 Å². The van der Waals surface area contributed by atoms with Gasteiger partial charge in [-0.2, -0.15) is 0 Å². The van der Waals surface area contributed by atoms with Crippen molar-refractivity contribution in [2.24, 2.45) is 0 Å². The minimum absolute atomic E-state index is 0.0307. The molecule has 0 saturated heterocycles. The zero-order valence-corrected chi connectivity index (χ0v) is 17.9. The Kier molecular flexibility index (Phi) is 5.01. The van der Waals surface area contributed by atoms with Crippen LogP contribution >= 0.6 is 0 Å². The highest BCUT2D eigenvalue weighted by atomic mass is 16.4. The lowest BCUT2D eigenvalue weighted by atomic mass is 10.0. The number of fused-ring (bicyclic) bond motifs is 5. The number of benzene rings is 2. The molecule has 2 aromatic carbocycles. The summed E-state index contributed by atoms with van der Waals surface area (Å²) in [5.41, 5.74) is 3.39. The highest BCUT2D eigenvalue weighted by Crippen LogP contribution is 2.42. The standard InChI is InChI=1S/C25H24O6/c1-12(2)5-7-14-9-16-20(11-18(14)26)30-25(29)21-17-10-19(27)22(28)15(8-6-13(3)4)23(17)31-24(16)21/h5-6,9-11,26-28H,7-8H2,1-4H3. The number of hydrogen-bond acceptors (Lipinski definition) is 6. The maximum Gasteiger partial charge on any atom is 0.348 e. The third-order valence-corrected chi connectivity index (χ3v) is 5.31. The summed E-state index contributed by atoms with van der Waals surface area (Å²) in [6.45, 7) is 7.81. The van der Waals surface area contributed by atoms with E-state index < -0.39 is 5.63 Å². The molecule has 0 aliphatic rings. The molecule has 0 bridgehead atoms. The molecule has 0 unspecified atom stereocenters. The molecule has 6 nitrogen and oxygen atoms in total. The Morgan fingerprint density at radius 2 is 1.52 bits per heavy atom. The second-order valence-corrected chi connectivity index (χ2v) is 8.24. The van der Waals surface area contributed by atoms with Gasteiger partial charge in [0.05, 0.1) is 5.39 Å². The average molecular weight is 420 g/mol. The number of furan rings is 1. The van der Waals surface area contributed by atoms with Crippen LogP contribution in [0, 0.1) is 0 Å². The Morgan fingerprint density at radius 3 is 2.19 bits per heavy atom. The van der Waals surface area contributed by atoms with Crippen LogP contribution in [0.2, 0.25) is 0 Å². The van der Waals surface area contributed by atoms with Crippen LogP contribution in [0.25, 0.3) is 32.9 Å². The first-order chi connectivity index (χ1) is 14.7. The molecule has 0 atom stereocenters. The SMILES string of the molecule is CC(C)=CCc1cc2c(cc1O)oc(=O)c1c3cc(O)c(O)c(CC=C(C)C)c3oc21. The molecular formula is C25H24O6. The van der Waals surface area contributed by atoms with E-state index >= 15 is 0 Å². The number of rotatable bonds is 4. The Balaban J connectivity index is 2.10. The van der Waals surface area contributed by atoms with Gasteiger partial charge in [0.15, 0.2) is 17.1 Å². The van der Waals surface area contributed by atoms with Crippen LogP contribution in [-0.2, 0) is 12.8 Å². The quantitative estimate of drug-likeness (QED) is 0.218. The molecule has 0 aliphatic carbocycles. The highest BCUT2D eigenvalue weighted by molar-refractivity contribution is 6.14. The van der Waals surface area contributed by atoms with Crippen molar-refractivity contribution in [3.05, 3.63) is 63.0 Å². The van der Waals surface area contributed by atoms with Crippen LogP contribution in [0.4, 0.5) is 0 Å². The van der Waals surface area contributed by atoms with Crippen LogP contribution in [-0.4, -0.2) is 15.3 Å². The van der Waals surface area contributed by atoms with Crippen molar-refractivity contribution < 1.29 is 24.2 Å². The predicted octanol–water partition coefficient (Wildman–Crippen LogP) is 5.83. The lowest BCUT2D eigenvalue weighted by Gasteiger charge is -2.05. The average Bonchev–Trinajstić information content (AvgIpc) is 3.06. The van der Waals surface area contributed by atoms with Gasteiger partial charge < -0.3 is 24.2 Å². The van der Waals surface area contributed by atoms with Crippen LogP contribution < -0.4 is 5.63 Å². The summed E-state index contributed by atoms with van der Waals surface area (Å²) in [4.78, 5) is 12.8. The summed E-state index contributed by atoms with van der Waals surface area (Å²) in [5, 5.41) is 32.2. The first-order valence-corrected chi connectivity index (χ1v) is 10.0. The molecule has 3 N–H and O–H groups in total. The Hall–Kier alpha value is -3.67. The van der Waals surface area contributed by atoms with Crippen LogP contribution in [0.1, 0.15) is 38.8 Å². The van der Waals surface area contributed by atoms with E-state index in [2.05, 4.69) is 0 Å². The van der Waals surface area contributed by atoms with E-state index in [1.165, 1.54) is 12.1 Å². The molecular weight excluding hydrogens is 396 g/mol. The van der Waals surface area contributed by atoms with Crippen molar-refractivity contribution in [3.63, 3.8) is 0 Å². The fourth-order valence-electron chi connectivity index (χ4n) is 3.67. The molecule has 0 saturated carbocycles. The van der Waals surface area contributed by atoms with E-state index in [9.17, 15) is 20.1 Å². The molecule has 6 heteroatoms. The molecule has 0 aliphatic heterocycles. The Bertz CT molecular complexity index is 1460. The van der Waals surface area contributed by atoms with E-state index in [1.807, 2.05) is 39.8 Å². The lowest BCUT2D eigenvalue weighted by molar-refractivity contribution is 0.400. The van der Waals surface area contributed by atoms with Gasteiger partial charge in [-0.3, -0.25) is 0 Å². The molecule has 160 valence electrons. The molecule has 0 radical (unpaired) electrons. The molecule has 2 heterocycles. The van der Waals surface area contributed by atoms with Gasteiger partial charge in [-0.15, -0.1) is 0 Å². The van der Waals surface area contributed by atoms with E-state index in [0.29, 0.717) is 45.9 Å². The first kappa shape index (κ1) is 20.6. The second kappa shape index (κ2) is 7.54. The molecule has 31 heavy (non-hydrogen) atoms. The first-order valence-electron chi connectivity index (χ1n) is 10.0. The Morgan fingerprint density at radius 1 is 0.839 bits per heavy atom. The summed E-state index contributed by atoms with van der Waals surface area (Å²) in [7, 11) is 0. The smallest absolute Gasteiger partial charge is 0.348 e. The summed E-state index contributed by atoms with van der Waals surface area (Å²) in [5.74, 6) is -0.579. The topological polar surface area (TPSA) is 104 Å². The summed E-state index contributed by atoms with van der Waals surface area (Å²) >= 11 is 0. The lowest BCUT2D eigenvalue weighted by Crippen LogP contribution is -1.99. The Labute approximate surface area is 178 Å². The molecule has 4 rings (SSSR count). The monoisotopic (exact) mass is 420 g/mol. The number of phenolic OH excluding ortho intramolecular Hbond substituents is 3. The molecule has 2 aromatic heterocycles. The zero-order chi connectivity index (χ0) is 22.4. The van der Waals surface area contributed by atoms with Gasteiger partial charge in [-0.05, 0) is 58.2 Å². The molecule has 0 fully saturated rings. The van der Waals surface area contributed by atoms with E-state index in [4.69, 9.17) is 8.83 Å². The summed E-state index contributed by atoms with van der Waals surface area (Å²) in [6, 6.07) is 4.47. The maximum absolute atomic E-state index is 12.8. The fourth-order valence-corrected chi connectivity index (χ4v) is 3.67. The number of allylic oxidation sites excluding steroid dienone is 4. The maximum atomic E-state index is 12.8. The van der Waals surface area contributed by atoms with Crippen molar-refractivity contribution in [1.82, 2.24) is 0 Å². The van der Waals surface area contributed by atoms with Crippen molar-refractivity contribution >= 4 is 32.9 Å². The summed E-state index contributed by atoms with van der Waals surface area (Å²) in [6.07, 6.45) is 4.73. The van der Waals surface area contributed by atoms with Crippen molar-refractivity contribution in [2.45, 2.75) is 40.5 Å². The van der Waals surface area contributed by atoms with Gasteiger partial charge in [-0.1, -0.05) is 23.3 Å². The predicted molar refractivity (Wildman–Crippen MR) is 121 cm³/mol. The van der Waals surface area contributed by atoms with Crippen molar-refractivity contribution in [3.8, 4) is 17.2 Å². The fraction of sp³-hybridized carbons (Fsp3) is 0.240. The number of hydrogen-bond donors (Lipinski definition) is 3. The van der Waals surface area contributed by atoms with Crippen LogP contribution in [0.5, 0.6) is 17.2 Å². The molecule has 0 spiro atoms. The number of aromatic hydroxyl groups is 3. The van der Waals surface area contributed by atoms with Crippen LogP contribution in [0.15, 0.2) is 55.1 Å². The number of phenols is 3. The van der Waals surface area contributed by atoms with Gasteiger partial charge in [0.25, 0.3) is 0 Å². The largest absolute Gasteiger partial charge is 0.508 e. The van der Waals surface area contributed by atoms with Gasteiger partial charge in [-0.25, -0.2) is 4.79 Å². The van der Waals surface area contributed by atoms with Crippen molar-refractivity contribution in [1.29, 1.82) is 0 Å². The van der Waals surface area contributed by atoms with E-state index in [-0.39, 0.29) is 28.2 Å². The van der Waals surface area contributed by atoms with Gasteiger partial charge in [0.2, 0.25) is 0 Å². The molecule has 4 aromatic rings.